The highest BCUT2D eigenvalue weighted by Gasteiger charge is 2.42. The van der Waals surface area contributed by atoms with Gasteiger partial charge < -0.3 is 0 Å². The Balaban J connectivity index is 1.42. The highest BCUT2D eigenvalue weighted by molar-refractivity contribution is 7.03. The molecule has 0 unspecified atom stereocenters. The Kier molecular flexibility index (Phi) is 4.83. The molecule has 0 radical (unpaired) electrons. The second kappa shape index (κ2) is 8.39. The summed E-state index contributed by atoms with van der Waals surface area (Å²) in [5, 5.41) is 5.19. The van der Waals surface area contributed by atoms with Gasteiger partial charge in [0.25, 0.3) is 0 Å². The minimum atomic E-state index is -2.07. The van der Waals surface area contributed by atoms with E-state index in [2.05, 4.69) is 147 Å². The first-order chi connectivity index (χ1) is 20.9. The molecule has 4 heteroatoms. The molecule has 3 nitrogen and oxygen atoms in total. The maximum absolute atomic E-state index is 5.53. The summed E-state index contributed by atoms with van der Waals surface area (Å²) in [6.45, 7) is 9.56. The minimum Gasteiger partial charge on any atom is -0.278 e. The average molecular weight is 570 g/mol. The van der Waals surface area contributed by atoms with Crippen molar-refractivity contribution in [1.82, 2.24) is 14.5 Å². The molecule has 2 aromatic heterocycles. The Hall–Kier alpha value is -4.80. The molecule has 1 aliphatic heterocycles. The second-order valence-corrected chi connectivity index (χ2v) is 17.3. The fraction of sp³-hybridized carbons (Fsp3) is 0.128. The topological polar surface area (TPSA) is 30.7 Å². The van der Waals surface area contributed by atoms with Gasteiger partial charge in [0, 0.05) is 32.6 Å². The molecule has 0 spiro atoms. The summed E-state index contributed by atoms with van der Waals surface area (Å²) in [6.07, 6.45) is 0. The number of nitrogens with zero attached hydrogens (tertiary/aromatic N) is 3. The largest absolute Gasteiger partial charge is 0.278 e. The molecule has 1 aliphatic carbocycles. The molecule has 0 amide bonds. The van der Waals surface area contributed by atoms with Crippen molar-refractivity contribution in [2.75, 3.05) is 0 Å². The van der Waals surface area contributed by atoms with E-state index < -0.39 is 8.07 Å². The van der Waals surface area contributed by atoms with Gasteiger partial charge in [-0.3, -0.25) is 4.57 Å². The molecule has 0 saturated carbocycles. The fourth-order valence-corrected chi connectivity index (χ4v) is 10.8. The van der Waals surface area contributed by atoms with Gasteiger partial charge in [0.1, 0.15) is 8.07 Å². The van der Waals surface area contributed by atoms with E-state index in [0.29, 0.717) is 0 Å². The molecule has 206 valence electrons. The van der Waals surface area contributed by atoms with Crippen LogP contribution in [0.3, 0.4) is 0 Å². The Morgan fingerprint density at radius 2 is 1.30 bits per heavy atom. The van der Waals surface area contributed by atoms with Crippen molar-refractivity contribution in [1.29, 1.82) is 0 Å². The summed E-state index contributed by atoms with van der Waals surface area (Å²) in [7, 11) is -2.07. The number of hydrogen-bond donors (Lipinski definition) is 0. The highest BCUT2D eigenvalue weighted by atomic mass is 28.3. The average Bonchev–Trinajstić information content (AvgIpc) is 3.58. The smallest absolute Gasteiger partial charge is 0.235 e. The van der Waals surface area contributed by atoms with Crippen molar-refractivity contribution in [2.45, 2.75) is 32.4 Å². The zero-order valence-electron chi connectivity index (χ0n) is 24.8. The van der Waals surface area contributed by atoms with Crippen LogP contribution in [0.2, 0.25) is 13.1 Å². The standard InChI is InChI=1S/C39H31N3Si/c1-39(2)28-19-11-8-16-25(28)33-29(39)22-23-31-34(33)26-17-9-12-20-30(26)42(31)38-40-36(24-14-6-5-7-15-24)35-27-18-10-13-21-32(27)43(3,4)37(35)41-38/h5-23H,1-4H3. The van der Waals surface area contributed by atoms with Gasteiger partial charge in [-0.05, 0) is 45.1 Å². The molecule has 0 bridgehead atoms. The van der Waals surface area contributed by atoms with E-state index in [1.54, 1.807) is 0 Å². The van der Waals surface area contributed by atoms with E-state index in [1.165, 1.54) is 54.7 Å². The van der Waals surface area contributed by atoms with Crippen LogP contribution in [0.1, 0.15) is 25.0 Å². The Morgan fingerprint density at radius 1 is 0.605 bits per heavy atom. The van der Waals surface area contributed by atoms with E-state index in [4.69, 9.17) is 9.97 Å². The van der Waals surface area contributed by atoms with Crippen LogP contribution in [0.4, 0.5) is 0 Å². The van der Waals surface area contributed by atoms with E-state index in [9.17, 15) is 0 Å². The quantitative estimate of drug-likeness (QED) is 0.196. The lowest BCUT2D eigenvalue weighted by molar-refractivity contribution is 0.661. The van der Waals surface area contributed by atoms with Gasteiger partial charge in [-0.1, -0.05) is 130 Å². The van der Waals surface area contributed by atoms with E-state index in [1.807, 2.05) is 0 Å². The molecule has 0 fully saturated rings. The molecule has 9 rings (SSSR count). The van der Waals surface area contributed by atoms with Gasteiger partial charge in [0.05, 0.1) is 16.7 Å². The predicted molar refractivity (Wildman–Crippen MR) is 182 cm³/mol. The monoisotopic (exact) mass is 569 g/mol. The fourth-order valence-electron chi connectivity index (χ4n) is 7.90. The van der Waals surface area contributed by atoms with Crippen molar-refractivity contribution >= 4 is 40.4 Å². The summed E-state index contributed by atoms with van der Waals surface area (Å²) < 4.78 is 2.32. The minimum absolute atomic E-state index is 0.0602. The molecule has 0 atom stereocenters. The molecule has 0 N–H and O–H groups in total. The predicted octanol–water partition coefficient (Wildman–Crippen LogP) is 8.35. The van der Waals surface area contributed by atoms with Crippen molar-refractivity contribution in [3.8, 4) is 39.5 Å². The van der Waals surface area contributed by atoms with Crippen molar-refractivity contribution < 1.29 is 0 Å². The molecule has 2 aliphatic rings. The third kappa shape index (κ3) is 3.14. The lowest BCUT2D eigenvalue weighted by atomic mass is 9.82. The molecule has 43 heavy (non-hydrogen) atoms. The van der Waals surface area contributed by atoms with E-state index >= 15 is 0 Å². The molecule has 7 aromatic rings. The van der Waals surface area contributed by atoms with Crippen molar-refractivity contribution in [3.05, 3.63) is 126 Å². The first-order valence-corrected chi connectivity index (χ1v) is 18.1. The van der Waals surface area contributed by atoms with Crippen LogP contribution in [0.15, 0.2) is 115 Å². The Labute approximate surface area is 252 Å². The zero-order valence-corrected chi connectivity index (χ0v) is 25.8. The number of rotatable bonds is 2. The van der Waals surface area contributed by atoms with Crippen LogP contribution in [0.25, 0.3) is 61.3 Å². The van der Waals surface area contributed by atoms with Crippen LogP contribution in [-0.4, -0.2) is 22.6 Å². The maximum atomic E-state index is 5.53. The van der Waals surface area contributed by atoms with Crippen LogP contribution >= 0.6 is 0 Å². The maximum Gasteiger partial charge on any atom is 0.235 e. The summed E-state index contributed by atoms with van der Waals surface area (Å²) in [4.78, 5) is 11.0. The van der Waals surface area contributed by atoms with Gasteiger partial charge in [-0.25, -0.2) is 9.97 Å². The number of benzene rings is 5. The van der Waals surface area contributed by atoms with E-state index in [-0.39, 0.29) is 5.41 Å². The van der Waals surface area contributed by atoms with Gasteiger partial charge in [-0.2, -0.15) is 0 Å². The summed E-state index contributed by atoms with van der Waals surface area (Å²) in [5.41, 5.74) is 12.3. The number of para-hydroxylation sites is 1. The number of fused-ring (bicyclic) bond motifs is 10. The van der Waals surface area contributed by atoms with Crippen molar-refractivity contribution in [2.24, 2.45) is 0 Å². The van der Waals surface area contributed by atoms with Crippen molar-refractivity contribution in [3.63, 3.8) is 0 Å². The lowest BCUT2D eigenvalue weighted by Crippen LogP contribution is -2.51. The van der Waals surface area contributed by atoms with Gasteiger partial charge in [-0.15, -0.1) is 0 Å². The molecular formula is C39H31N3Si. The second-order valence-electron chi connectivity index (χ2n) is 13.0. The van der Waals surface area contributed by atoms with E-state index in [0.717, 1.165) is 28.2 Å². The van der Waals surface area contributed by atoms with Gasteiger partial charge >= 0.3 is 0 Å². The van der Waals surface area contributed by atoms with Crippen LogP contribution in [0.5, 0.6) is 0 Å². The number of aromatic nitrogens is 3. The molecular weight excluding hydrogens is 539 g/mol. The first-order valence-electron chi connectivity index (χ1n) is 15.1. The van der Waals surface area contributed by atoms with Gasteiger partial charge in [0.15, 0.2) is 0 Å². The SMILES string of the molecule is CC1(C)c2ccccc2-c2c1ccc1c2c2ccccc2n1-c1nc(-c2ccccc2)c2c(n1)[Si](C)(C)c1ccccc1-2. The summed E-state index contributed by atoms with van der Waals surface area (Å²) in [6, 6.07) is 41.9. The Bertz CT molecular complexity index is 2290. The van der Waals surface area contributed by atoms with Crippen LogP contribution < -0.4 is 10.5 Å². The Morgan fingerprint density at radius 3 is 2.14 bits per heavy atom. The highest BCUT2D eigenvalue weighted by Crippen LogP contribution is 2.53. The normalized spacial score (nSPS) is 15.3. The number of hydrogen-bond acceptors (Lipinski definition) is 2. The molecule has 5 aromatic carbocycles. The molecule has 0 saturated heterocycles. The molecule has 3 heterocycles. The zero-order chi connectivity index (χ0) is 29.1. The lowest BCUT2D eigenvalue weighted by Gasteiger charge is -2.21. The first kappa shape index (κ1) is 24.8. The third-order valence-corrected chi connectivity index (χ3v) is 13.3. The summed E-state index contributed by atoms with van der Waals surface area (Å²) >= 11 is 0. The summed E-state index contributed by atoms with van der Waals surface area (Å²) in [5.74, 6) is 0.752. The van der Waals surface area contributed by atoms with Gasteiger partial charge in [0.2, 0.25) is 5.95 Å². The van der Waals surface area contributed by atoms with Crippen LogP contribution in [0, 0.1) is 0 Å². The third-order valence-electron chi connectivity index (χ3n) is 9.99. The van der Waals surface area contributed by atoms with Crippen LogP contribution in [-0.2, 0) is 5.41 Å².